The molecular weight excluding hydrogens is 316 g/mol. The molecule has 0 saturated heterocycles. The van der Waals surface area contributed by atoms with E-state index in [4.69, 9.17) is 0 Å². The summed E-state index contributed by atoms with van der Waals surface area (Å²) in [5.41, 5.74) is 3.55. The number of benzene rings is 2. The van der Waals surface area contributed by atoms with Crippen molar-refractivity contribution in [2.75, 3.05) is 0 Å². The third-order valence-electron chi connectivity index (χ3n) is 3.81. The Labute approximate surface area is 143 Å². The van der Waals surface area contributed by atoms with Gasteiger partial charge in [0.05, 0.1) is 23.8 Å². The number of carbonyl (C=O) groups excluding carboxylic acids is 1. The van der Waals surface area contributed by atoms with Gasteiger partial charge in [-0.25, -0.2) is 9.67 Å². The Bertz CT molecular complexity index is 972. The molecule has 0 aliphatic heterocycles. The van der Waals surface area contributed by atoms with Crippen molar-refractivity contribution in [3.63, 3.8) is 0 Å². The van der Waals surface area contributed by atoms with Crippen LogP contribution in [0.25, 0.3) is 22.3 Å². The number of imidazole rings is 1. The molecule has 2 heterocycles. The van der Waals surface area contributed by atoms with E-state index >= 15 is 0 Å². The van der Waals surface area contributed by atoms with Gasteiger partial charge in [-0.05, 0) is 12.1 Å². The van der Waals surface area contributed by atoms with Gasteiger partial charge >= 0.3 is 0 Å². The molecule has 0 bridgehead atoms. The van der Waals surface area contributed by atoms with E-state index in [1.54, 1.807) is 6.20 Å². The fourth-order valence-corrected chi connectivity index (χ4v) is 2.59. The van der Waals surface area contributed by atoms with Gasteiger partial charge in [0.1, 0.15) is 18.1 Å². The molecule has 0 fully saturated rings. The third kappa shape index (κ3) is 3.40. The van der Waals surface area contributed by atoms with Crippen LogP contribution in [-0.2, 0) is 17.9 Å². The molecule has 0 spiro atoms. The molecule has 0 unspecified atom stereocenters. The topological polar surface area (TPSA) is 88.5 Å². The second kappa shape index (κ2) is 6.56. The number of hydrogen-bond acceptors (Lipinski definition) is 4. The first-order valence-corrected chi connectivity index (χ1v) is 7.94. The predicted octanol–water partition coefficient (Wildman–Crippen LogP) is 2.14. The van der Waals surface area contributed by atoms with Gasteiger partial charge in [-0.3, -0.25) is 4.79 Å². The summed E-state index contributed by atoms with van der Waals surface area (Å²) in [6, 6.07) is 17.5. The molecule has 0 saturated carbocycles. The van der Waals surface area contributed by atoms with Gasteiger partial charge in [0.2, 0.25) is 5.91 Å². The Kier molecular flexibility index (Phi) is 3.96. The molecule has 4 aromatic rings. The van der Waals surface area contributed by atoms with Crippen molar-refractivity contribution in [3.8, 4) is 11.3 Å². The van der Waals surface area contributed by atoms with E-state index in [1.807, 2.05) is 54.6 Å². The monoisotopic (exact) mass is 332 g/mol. The lowest BCUT2D eigenvalue weighted by Gasteiger charge is -2.02. The van der Waals surface area contributed by atoms with Gasteiger partial charge in [0.25, 0.3) is 0 Å². The van der Waals surface area contributed by atoms with Crippen molar-refractivity contribution in [1.82, 2.24) is 30.3 Å². The standard InChI is InChI=1S/C18H16N6O/c25-18(19-10-17-20-14-8-4-5-9-15(14)21-17)12-24-11-16(22-23-24)13-6-2-1-3-7-13/h1-9,11H,10,12H2,(H,19,25)(H,20,21). The maximum absolute atomic E-state index is 12.1. The molecule has 25 heavy (non-hydrogen) atoms. The molecule has 2 N–H and O–H groups in total. The number of nitrogens with one attached hydrogen (secondary N) is 2. The number of para-hydroxylation sites is 2. The number of aromatic nitrogens is 5. The molecule has 4 rings (SSSR count). The largest absolute Gasteiger partial charge is 0.347 e. The molecule has 0 aliphatic carbocycles. The molecule has 0 atom stereocenters. The highest BCUT2D eigenvalue weighted by Crippen LogP contribution is 2.14. The Morgan fingerprint density at radius 1 is 1.08 bits per heavy atom. The van der Waals surface area contributed by atoms with Crippen molar-refractivity contribution < 1.29 is 4.79 Å². The van der Waals surface area contributed by atoms with Gasteiger partial charge in [-0.2, -0.15) is 0 Å². The third-order valence-corrected chi connectivity index (χ3v) is 3.81. The van der Waals surface area contributed by atoms with Gasteiger partial charge < -0.3 is 10.3 Å². The molecule has 7 nitrogen and oxygen atoms in total. The van der Waals surface area contributed by atoms with Crippen LogP contribution < -0.4 is 5.32 Å². The lowest BCUT2D eigenvalue weighted by Crippen LogP contribution is -2.27. The van der Waals surface area contributed by atoms with E-state index < -0.39 is 0 Å². The Balaban J connectivity index is 1.37. The van der Waals surface area contributed by atoms with Crippen molar-refractivity contribution >= 4 is 16.9 Å². The first kappa shape index (κ1) is 15.1. The number of carbonyl (C=O) groups is 1. The van der Waals surface area contributed by atoms with Gasteiger partial charge in [0, 0.05) is 5.56 Å². The summed E-state index contributed by atoms with van der Waals surface area (Å²) in [6.45, 7) is 0.452. The molecular formula is C18H16N6O. The van der Waals surface area contributed by atoms with Crippen molar-refractivity contribution in [1.29, 1.82) is 0 Å². The number of aromatic amines is 1. The SMILES string of the molecule is O=C(Cn1cc(-c2ccccc2)nn1)NCc1nc2ccccc2[nH]1. The molecule has 2 aromatic heterocycles. The number of hydrogen-bond donors (Lipinski definition) is 2. The van der Waals surface area contributed by atoms with Crippen LogP contribution >= 0.6 is 0 Å². The summed E-state index contributed by atoms with van der Waals surface area (Å²) in [5, 5.41) is 10.9. The van der Waals surface area contributed by atoms with Crippen molar-refractivity contribution in [3.05, 3.63) is 66.6 Å². The molecule has 1 amide bonds. The van der Waals surface area contributed by atoms with Gasteiger partial charge in [0.15, 0.2) is 0 Å². The smallest absolute Gasteiger partial charge is 0.242 e. The quantitative estimate of drug-likeness (QED) is 0.586. The van der Waals surface area contributed by atoms with E-state index in [-0.39, 0.29) is 12.5 Å². The summed E-state index contributed by atoms with van der Waals surface area (Å²) in [4.78, 5) is 19.7. The first-order chi connectivity index (χ1) is 12.3. The van der Waals surface area contributed by atoms with Gasteiger partial charge in [-0.1, -0.05) is 47.7 Å². The first-order valence-electron chi connectivity index (χ1n) is 7.94. The molecule has 0 radical (unpaired) electrons. The van der Waals surface area contributed by atoms with Crippen LogP contribution in [0.2, 0.25) is 0 Å². The van der Waals surface area contributed by atoms with Crippen LogP contribution in [0.15, 0.2) is 60.8 Å². The maximum Gasteiger partial charge on any atom is 0.242 e. The van der Waals surface area contributed by atoms with Crippen LogP contribution in [0.5, 0.6) is 0 Å². The molecule has 7 heteroatoms. The highest BCUT2D eigenvalue weighted by Gasteiger charge is 2.08. The number of H-pyrrole nitrogens is 1. The minimum Gasteiger partial charge on any atom is -0.347 e. The normalized spacial score (nSPS) is 10.9. The zero-order valence-corrected chi connectivity index (χ0v) is 13.4. The van der Waals surface area contributed by atoms with Crippen LogP contribution in [0.4, 0.5) is 0 Å². The average molecular weight is 332 g/mol. The van der Waals surface area contributed by atoms with Crippen LogP contribution in [0.3, 0.4) is 0 Å². The summed E-state index contributed by atoms with van der Waals surface area (Å²) < 4.78 is 1.52. The Morgan fingerprint density at radius 3 is 2.72 bits per heavy atom. The van der Waals surface area contributed by atoms with Crippen molar-refractivity contribution in [2.45, 2.75) is 13.1 Å². The highest BCUT2D eigenvalue weighted by molar-refractivity contribution is 5.76. The van der Waals surface area contributed by atoms with Crippen molar-refractivity contribution in [2.24, 2.45) is 0 Å². The summed E-state index contributed by atoms with van der Waals surface area (Å²) >= 11 is 0. The lowest BCUT2D eigenvalue weighted by atomic mass is 10.2. The molecule has 124 valence electrons. The number of rotatable bonds is 5. The second-order valence-electron chi connectivity index (χ2n) is 5.64. The van der Waals surface area contributed by atoms with E-state index in [0.29, 0.717) is 6.54 Å². The summed E-state index contributed by atoms with van der Waals surface area (Å²) in [6.07, 6.45) is 1.76. The van der Waals surface area contributed by atoms with E-state index in [0.717, 1.165) is 28.1 Å². The maximum atomic E-state index is 12.1. The van der Waals surface area contributed by atoms with Crippen LogP contribution in [0, 0.1) is 0 Å². The predicted molar refractivity (Wildman–Crippen MR) is 93.4 cm³/mol. The fraction of sp³-hybridized carbons (Fsp3) is 0.111. The molecule has 2 aromatic carbocycles. The van der Waals surface area contributed by atoms with E-state index in [9.17, 15) is 4.79 Å². The Morgan fingerprint density at radius 2 is 1.88 bits per heavy atom. The minimum absolute atomic E-state index is 0.111. The lowest BCUT2D eigenvalue weighted by molar-refractivity contribution is -0.122. The minimum atomic E-state index is -0.148. The molecule has 0 aliphatic rings. The Hall–Kier alpha value is -3.48. The zero-order chi connectivity index (χ0) is 17.1. The van der Waals surface area contributed by atoms with Crippen LogP contribution in [0.1, 0.15) is 5.82 Å². The van der Waals surface area contributed by atoms with Crippen LogP contribution in [-0.4, -0.2) is 30.9 Å². The number of nitrogens with zero attached hydrogens (tertiary/aromatic N) is 4. The van der Waals surface area contributed by atoms with E-state index in [1.165, 1.54) is 4.68 Å². The highest BCUT2D eigenvalue weighted by atomic mass is 16.2. The number of amides is 1. The zero-order valence-electron chi connectivity index (χ0n) is 13.4. The fourth-order valence-electron chi connectivity index (χ4n) is 2.59. The van der Waals surface area contributed by atoms with Gasteiger partial charge in [-0.15, -0.1) is 5.10 Å². The van der Waals surface area contributed by atoms with E-state index in [2.05, 4.69) is 25.6 Å². The average Bonchev–Trinajstić information content (AvgIpc) is 3.27. The summed E-state index contributed by atoms with van der Waals surface area (Å²) in [5.74, 6) is 0.572. The summed E-state index contributed by atoms with van der Waals surface area (Å²) in [7, 11) is 0. The number of fused-ring (bicyclic) bond motifs is 1. The second-order valence-corrected chi connectivity index (χ2v) is 5.64.